The molecule has 3 aromatic carbocycles. The summed E-state index contributed by atoms with van der Waals surface area (Å²) in [7, 11) is 0. The largest absolute Gasteiger partial charge is 0.507 e. The van der Waals surface area contributed by atoms with Crippen LogP contribution in [0.5, 0.6) is 40.2 Å². The van der Waals surface area contributed by atoms with Crippen molar-refractivity contribution >= 4 is 17.8 Å². The summed E-state index contributed by atoms with van der Waals surface area (Å²) in [6, 6.07) is 8.25. The molecule has 0 aliphatic carbocycles. The van der Waals surface area contributed by atoms with Crippen molar-refractivity contribution in [2.75, 3.05) is 13.2 Å². The molecule has 11 N–H and O–H groups in total. The zero-order valence-electron chi connectivity index (χ0n) is 28.6. The van der Waals surface area contributed by atoms with Crippen molar-refractivity contribution in [1.82, 2.24) is 0 Å². The molecule has 55 heavy (non-hydrogen) atoms. The third-order valence-electron chi connectivity index (χ3n) is 9.32. The molecule has 6 rings (SSSR count). The van der Waals surface area contributed by atoms with Crippen molar-refractivity contribution < 1.29 is 94.2 Å². The molecule has 19 nitrogen and oxygen atoms in total. The number of ether oxygens (including phenoxy) is 6. The van der Waals surface area contributed by atoms with E-state index in [1.54, 1.807) is 0 Å². The van der Waals surface area contributed by atoms with Gasteiger partial charge in [0, 0.05) is 17.7 Å². The van der Waals surface area contributed by atoms with Crippen molar-refractivity contribution in [3.63, 3.8) is 0 Å². The van der Waals surface area contributed by atoms with Gasteiger partial charge in [0.05, 0.1) is 13.2 Å². The van der Waals surface area contributed by atoms with E-state index >= 15 is 0 Å². The van der Waals surface area contributed by atoms with Gasteiger partial charge in [0.25, 0.3) is 0 Å². The van der Waals surface area contributed by atoms with Crippen molar-refractivity contribution in [2.45, 2.75) is 74.4 Å². The number of hydrogen-bond donors (Lipinski definition) is 11. The van der Waals surface area contributed by atoms with E-state index in [0.29, 0.717) is 5.56 Å². The fraction of sp³-hybridized carbons (Fsp3) is 0.389. The van der Waals surface area contributed by atoms with E-state index in [9.17, 15) is 65.8 Å². The van der Waals surface area contributed by atoms with Gasteiger partial charge in [0.2, 0.25) is 5.78 Å². The zero-order valence-corrected chi connectivity index (χ0v) is 28.6. The summed E-state index contributed by atoms with van der Waals surface area (Å²) in [6.45, 7) is 0.158. The highest BCUT2D eigenvalue weighted by Gasteiger charge is 2.50. The highest BCUT2D eigenvalue weighted by atomic mass is 16.7. The second kappa shape index (κ2) is 15.9. The Kier molecular flexibility index (Phi) is 11.4. The van der Waals surface area contributed by atoms with Crippen molar-refractivity contribution in [1.29, 1.82) is 0 Å². The number of ketones is 1. The molecule has 0 aromatic heterocycles. The summed E-state index contributed by atoms with van der Waals surface area (Å²) in [5.74, 6) is -5.23. The molecule has 0 bridgehead atoms. The molecule has 3 aliphatic rings. The SMILES string of the molecule is Cc1c(O)cc2c(c1O)C(=O)C(O[C@@H]1O[C@H](CO[C@@H]3OC[C@H](O)[C@H](O)[C@H]3OC(=O)/C=C/c3ccc(O)c(O)c3)[C@H](O)[C@H](O)[C@H]1O)C(c1ccc(O)c(O)c1)O2. The van der Waals surface area contributed by atoms with Gasteiger partial charge in [-0.25, -0.2) is 4.79 Å². The number of fused-ring (bicyclic) bond motifs is 1. The molecular weight excluding hydrogens is 736 g/mol. The molecule has 2 unspecified atom stereocenters. The number of aliphatic hydroxyl groups is 5. The lowest BCUT2D eigenvalue weighted by atomic mass is 9.91. The Labute approximate surface area is 310 Å². The first-order valence-electron chi connectivity index (χ1n) is 16.7. The number of Topliss-reactive ketones (excluding diaryl/α,β-unsaturated/α-hetero) is 1. The van der Waals surface area contributed by atoms with Gasteiger partial charge in [0.15, 0.2) is 53.9 Å². The molecule has 2 saturated heterocycles. The van der Waals surface area contributed by atoms with Crippen molar-refractivity contribution in [3.05, 3.63) is 70.8 Å². The van der Waals surface area contributed by atoms with Crippen LogP contribution < -0.4 is 4.74 Å². The van der Waals surface area contributed by atoms with E-state index < -0.39 is 127 Å². The molecule has 19 heteroatoms. The molecule has 3 aliphatic heterocycles. The Balaban J connectivity index is 1.20. The number of phenolic OH excluding ortho intramolecular Hbond substituents is 6. The summed E-state index contributed by atoms with van der Waals surface area (Å²) in [5, 5.41) is 114. The number of aliphatic hydroxyl groups excluding tert-OH is 5. The van der Waals surface area contributed by atoms with Crippen LogP contribution >= 0.6 is 0 Å². The number of hydrogen-bond acceptors (Lipinski definition) is 19. The number of phenols is 6. The first kappa shape index (κ1) is 39.5. The summed E-state index contributed by atoms with van der Waals surface area (Å²) in [4.78, 5) is 26.6. The standard InChI is InChI=1S/C36H38O19/c1-13-18(39)10-22-25(26(13)44)29(47)33(32(52-22)15-4-6-17(38)20(41)9-15)55-35-31(49)30(48)28(46)23(53-35)12-51-36-34(27(45)21(42)11-50-36)54-24(43)7-3-14-2-5-16(37)19(40)8-14/h2-10,21,23,27-28,30-42,44-46,48-49H,11-12H2,1H3/b7-3+/t21-,23+,27-,28-,30-,31+,32?,33?,34+,35-,36-/m0/s1. The van der Waals surface area contributed by atoms with Gasteiger partial charge in [-0.15, -0.1) is 0 Å². The third-order valence-corrected chi connectivity index (χ3v) is 9.32. The molecule has 0 amide bonds. The van der Waals surface area contributed by atoms with Crippen LogP contribution in [0.3, 0.4) is 0 Å². The lowest BCUT2D eigenvalue weighted by molar-refractivity contribution is -0.328. The Hall–Kier alpha value is -5.22. The third kappa shape index (κ3) is 7.96. The Morgan fingerprint density at radius 2 is 1.51 bits per heavy atom. The number of carbonyl (C=O) groups excluding carboxylic acids is 2. The van der Waals surface area contributed by atoms with E-state index in [0.717, 1.165) is 30.3 Å². The Morgan fingerprint density at radius 3 is 2.20 bits per heavy atom. The predicted molar refractivity (Wildman–Crippen MR) is 180 cm³/mol. The second-order valence-corrected chi connectivity index (χ2v) is 13.0. The van der Waals surface area contributed by atoms with E-state index in [-0.39, 0.29) is 22.6 Å². The summed E-state index contributed by atoms with van der Waals surface area (Å²) in [5.41, 5.74) is -0.125. The van der Waals surface area contributed by atoms with Gasteiger partial charge in [-0.3, -0.25) is 4.79 Å². The van der Waals surface area contributed by atoms with Gasteiger partial charge in [-0.2, -0.15) is 0 Å². The van der Waals surface area contributed by atoms with Gasteiger partial charge in [-0.05, 0) is 48.4 Å². The van der Waals surface area contributed by atoms with Gasteiger partial charge < -0.3 is 84.6 Å². The normalized spacial score (nSPS) is 30.8. The van der Waals surface area contributed by atoms with E-state index in [1.165, 1.54) is 31.2 Å². The quantitative estimate of drug-likeness (QED) is 0.0739. The fourth-order valence-corrected chi connectivity index (χ4v) is 6.15. The molecule has 2 fully saturated rings. The molecular formula is C36H38O19. The summed E-state index contributed by atoms with van der Waals surface area (Å²) in [6.07, 6.45) is -17.0. The predicted octanol–water partition coefficient (Wildman–Crippen LogP) is -0.542. The van der Waals surface area contributed by atoms with Crippen LogP contribution in [-0.4, -0.2) is 143 Å². The molecule has 0 spiro atoms. The van der Waals surface area contributed by atoms with Crippen molar-refractivity contribution in [2.24, 2.45) is 0 Å². The van der Waals surface area contributed by atoms with Crippen LogP contribution in [-0.2, 0) is 28.5 Å². The minimum absolute atomic E-state index is 0.0523. The van der Waals surface area contributed by atoms with Crippen LogP contribution in [0.25, 0.3) is 6.08 Å². The summed E-state index contributed by atoms with van der Waals surface area (Å²) >= 11 is 0. The molecule has 0 radical (unpaired) electrons. The summed E-state index contributed by atoms with van der Waals surface area (Å²) < 4.78 is 34.0. The Bertz CT molecular complexity index is 1950. The average Bonchev–Trinajstić information content (AvgIpc) is 3.15. The molecule has 11 atom stereocenters. The fourth-order valence-electron chi connectivity index (χ4n) is 6.15. The van der Waals surface area contributed by atoms with Gasteiger partial charge in [0.1, 0.15) is 59.4 Å². The maximum Gasteiger partial charge on any atom is 0.331 e. The Morgan fingerprint density at radius 1 is 0.818 bits per heavy atom. The highest BCUT2D eigenvalue weighted by molar-refractivity contribution is 6.06. The lowest BCUT2D eigenvalue weighted by Crippen LogP contribution is -2.61. The van der Waals surface area contributed by atoms with Crippen LogP contribution in [0, 0.1) is 6.92 Å². The number of aromatic hydroxyl groups is 6. The van der Waals surface area contributed by atoms with Gasteiger partial charge in [-0.1, -0.05) is 12.1 Å². The minimum Gasteiger partial charge on any atom is -0.507 e. The number of benzene rings is 3. The topological polar surface area (TPSA) is 312 Å². The van der Waals surface area contributed by atoms with Crippen LogP contribution in [0.1, 0.15) is 33.2 Å². The maximum atomic E-state index is 14.0. The van der Waals surface area contributed by atoms with E-state index in [4.69, 9.17) is 28.4 Å². The molecule has 0 saturated carbocycles. The highest BCUT2D eigenvalue weighted by Crippen LogP contribution is 2.46. The molecule has 3 aromatic rings. The molecule has 296 valence electrons. The first-order chi connectivity index (χ1) is 26.0. The minimum atomic E-state index is -2.01. The van der Waals surface area contributed by atoms with Gasteiger partial charge >= 0.3 is 5.97 Å². The maximum absolute atomic E-state index is 14.0. The van der Waals surface area contributed by atoms with Crippen molar-refractivity contribution in [3.8, 4) is 40.2 Å². The number of rotatable bonds is 9. The van der Waals surface area contributed by atoms with Crippen LogP contribution in [0.2, 0.25) is 0 Å². The average molecular weight is 775 g/mol. The van der Waals surface area contributed by atoms with E-state index in [1.807, 2.05) is 0 Å². The van der Waals surface area contributed by atoms with Crippen LogP contribution in [0.4, 0.5) is 0 Å². The second-order valence-electron chi connectivity index (χ2n) is 13.0. The lowest BCUT2D eigenvalue weighted by Gasteiger charge is -2.43. The first-order valence-corrected chi connectivity index (χ1v) is 16.7. The van der Waals surface area contributed by atoms with Crippen LogP contribution in [0.15, 0.2) is 48.5 Å². The number of carbonyl (C=O) groups is 2. The molecule has 3 heterocycles. The van der Waals surface area contributed by atoms with E-state index in [2.05, 4.69) is 0 Å². The monoisotopic (exact) mass is 774 g/mol. The smallest absolute Gasteiger partial charge is 0.331 e. The number of esters is 1. The zero-order chi connectivity index (χ0) is 39.9.